The number of nitrogens with zero attached hydrogens (tertiary/aromatic N) is 1. The maximum absolute atomic E-state index is 12.7. The predicted octanol–water partition coefficient (Wildman–Crippen LogP) is 0.976. The first-order valence-electron chi connectivity index (χ1n) is 6.69. The van der Waals surface area contributed by atoms with Gasteiger partial charge in [-0.1, -0.05) is 0 Å². The molecule has 0 unspecified atom stereocenters. The first-order valence-corrected chi connectivity index (χ1v) is 6.69. The summed E-state index contributed by atoms with van der Waals surface area (Å²) in [6.45, 7) is 2.98. The SMILES string of the molecule is O=C(CCC(=O)N1CCNCC1)Nc1ccc(F)cc1. The van der Waals surface area contributed by atoms with E-state index >= 15 is 0 Å². The maximum Gasteiger partial charge on any atom is 0.224 e. The van der Waals surface area contributed by atoms with Crippen molar-refractivity contribution in [3.05, 3.63) is 30.1 Å². The molecule has 1 aliphatic heterocycles. The summed E-state index contributed by atoms with van der Waals surface area (Å²) in [5.74, 6) is -0.585. The highest BCUT2D eigenvalue weighted by Crippen LogP contribution is 2.09. The highest BCUT2D eigenvalue weighted by molar-refractivity contribution is 5.93. The largest absolute Gasteiger partial charge is 0.340 e. The van der Waals surface area contributed by atoms with Crippen molar-refractivity contribution in [1.29, 1.82) is 0 Å². The number of amides is 2. The van der Waals surface area contributed by atoms with Gasteiger partial charge in [0.15, 0.2) is 0 Å². The molecule has 1 aromatic carbocycles. The summed E-state index contributed by atoms with van der Waals surface area (Å²) in [6.07, 6.45) is 0.340. The molecule has 1 saturated heterocycles. The number of carbonyl (C=O) groups is 2. The number of carbonyl (C=O) groups excluding carboxylic acids is 2. The van der Waals surface area contributed by atoms with Gasteiger partial charge in [0.1, 0.15) is 5.82 Å². The first kappa shape index (κ1) is 14.5. The number of benzene rings is 1. The smallest absolute Gasteiger partial charge is 0.224 e. The van der Waals surface area contributed by atoms with Gasteiger partial charge in [-0.05, 0) is 24.3 Å². The van der Waals surface area contributed by atoms with E-state index in [1.165, 1.54) is 24.3 Å². The van der Waals surface area contributed by atoms with Crippen LogP contribution < -0.4 is 10.6 Å². The normalized spacial score (nSPS) is 14.9. The van der Waals surface area contributed by atoms with E-state index in [1.807, 2.05) is 0 Å². The fraction of sp³-hybridized carbons (Fsp3) is 0.429. The van der Waals surface area contributed by atoms with Gasteiger partial charge < -0.3 is 15.5 Å². The molecule has 0 radical (unpaired) electrons. The monoisotopic (exact) mass is 279 g/mol. The second-order valence-corrected chi connectivity index (χ2v) is 4.69. The van der Waals surface area contributed by atoms with Crippen LogP contribution in [0.2, 0.25) is 0 Å². The molecule has 0 aromatic heterocycles. The molecular weight excluding hydrogens is 261 g/mol. The molecule has 1 aliphatic rings. The Labute approximate surface area is 117 Å². The van der Waals surface area contributed by atoms with E-state index < -0.39 is 0 Å². The molecule has 1 fully saturated rings. The van der Waals surface area contributed by atoms with Crippen molar-refractivity contribution in [3.8, 4) is 0 Å². The third kappa shape index (κ3) is 4.31. The minimum atomic E-state index is -0.350. The molecule has 0 aliphatic carbocycles. The second-order valence-electron chi connectivity index (χ2n) is 4.69. The number of rotatable bonds is 4. The highest BCUT2D eigenvalue weighted by Gasteiger charge is 2.16. The van der Waals surface area contributed by atoms with E-state index in [2.05, 4.69) is 10.6 Å². The minimum Gasteiger partial charge on any atom is -0.340 e. The molecule has 20 heavy (non-hydrogen) atoms. The quantitative estimate of drug-likeness (QED) is 0.863. The third-order valence-electron chi connectivity index (χ3n) is 3.16. The molecule has 2 rings (SSSR count). The van der Waals surface area contributed by atoms with Gasteiger partial charge in [0, 0.05) is 44.7 Å². The van der Waals surface area contributed by atoms with Crippen LogP contribution in [0.4, 0.5) is 10.1 Å². The lowest BCUT2D eigenvalue weighted by Gasteiger charge is -2.27. The first-order chi connectivity index (χ1) is 9.65. The van der Waals surface area contributed by atoms with Crippen LogP contribution in [0.25, 0.3) is 0 Å². The van der Waals surface area contributed by atoms with Gasteiger partial charge in [0.05, 0.1) is 0 Å². The number of anilines is 1. The lowest BCUT2D eigenvalue weighted by atomic mass is 10.2. The van der Waals surface area contributed by atoms with Crippen LogP contribution in [0.15, 0.2) is 24.3 Å². The van der Waals surface area contributed by atoms with E-state index in [1.54, 1.807) is 4.90 Å². The second kappa shape index (κ2) is 7.00. The molecule has 0 atom stereocenters. The third-order valence-corrected chi connectivity index (χ3v) is 3.16. The number of hydrogen-bond acceptors (Lipinski definition) is 3. The average molecular weight is 279 g/mol. The van der Waals surface area contributed by atoms with Gasteiger partial charge in [-0.25, -0.2) is 4.39 Å². The molecule has 0 saturated carbocycles. The van der Waals surface area contributed by atoms with E-state index in [4.69, 9.17) is 0 Å². The summed E-state index contributed by atoms with van der Waals surface area (Å²) < 4.78 is 12.7. The molecule has 6 heteroatoms. The maximum atomic E-state index is 12.7. The van der Waals surface area contributed by atoms with Crippen molar-refractivity contribution in [1.82, 2.24) is 10.2 Å². The predicted molar refractivity (Wildman–Crippen MR) is 73.7 cm³/mol. The van der Waals surface area contributed by atoms with E-state index in [0.717, 1.165) is 13.1 Å². The zero-order chi connectivity index (χ0) is 14.4. The molecule has 5 nitrogen and oxygen atoms in total. The molecule has 2 N–H and O–H groups in total. The Kier molecular flexibility index (Phi) is 5.06. The Morgan fingerprint density at radius 3 is 2.45 bits per heavy atom. The lowest BCUT2D eigenvalue weighted by molar-refractivity contribution is -0.133. The van der Waals surface area contributed by atoms with Gasteiger partial charge in [-0.2, -0.15) is 0 Å². The lowest BCUT2D eigenvalue weighted by Crippen LogP contribution is -2.46. The minimum absolute atomic E-state index is 0.000700. The Bertz CT molecular complexity index is 470. The van der Waals surface area contributed by atoms with Crippen molar-refractivity contribution < 1.29 is 14.0 Å². The van der Waals surface area contributed by atoms with Crippen LogP contribution in [0, 0.1) is 5.82 Å². The molecular formula is C14H18FN3O2. The van der Waals surface area contributed by atoms with Crippen molar-refractivity contribution in [2.45, 2.75) is 12.8 Å². The summed E-state index contributed by atoms with van der Waals surface area (Å²) in [4.78, 5) is 25.3. The van der Waals surface area contributed by atoms with E-state index in [9.17, 15) is 14.0 Å². The summed E-state index contributed by atoms with van der Waals surface area (Å²) in [5.41, 5.74) is 0.533. The Morgan fingerprint density at radius 1 is 1.15 bits per heavy atom. The van der Waals surface area contributed by atoms with Crippen LogP contribution in [0.1, 0.15) is 12.8 Å². The molecule has 0 spiro atoms. The number of halogens is 1. The molecule has 0 bridgehead atoms. The summed E-state index contributed by atoms with van der Waals surface area (Å²) >= 11 is 0. The van der Waals surface area contributed by atoms with E-state index in [-0.39, 0.29) is 30.5 Å². The molecule has 1 aromatic rings. The Hall–Kier alpha value is -1.95. The fourth-order valence-electron chi connectivity index (χ4n) is 2.05. The van der Waals surface area contributed by atoms with Crippen LogP contribution in [0.3, 0.4) is 0 Å². The van der Waals surface area contributed by atoms with E-state index in [0.29, 0.717) is 18.8 Å². The number of nitrogens with one attached hydrogen (secondary N) is 2. The summed E-state index contributed by atoms with van der Waals surface area (Å²) in [5, 5.41) is 5.81. The summed E-state index contributed by atoms with van der Waals surface area (Å²) in [6, 6.07) is 5.54. The molecule has 1 heterocycles. The van der Waals surface area contributed by atoms with Gasteiger partial charge in [-0.15, -0.1) is 0 Å². The van der Waals surface area contributed by atoms with Gasteiger partial charge in [0.2, 0.25) is 11.8 Å². The Balaban J connectivity index is 1.74. The van der Waals surface area contributed by atoms with Crippen LogP contribution in [-0.2, 0) is 9.59 Å². The standard InChI is InChI=1S/C14H18FN3O2/c15-11-1-3-12(4-2-11)17-13(19)5-6-14(20)18-9-7-16-8-10-18/h1-4,16H,5-10H2,(H,17,19). The average Bonchev–Trinajstić information content (AvgIpc) is 2.48. The number of piperazine rings is 1. The Morgan fingerprint density at radius 2 is 1.80 bits per heavy atom. The highest BCUT2D eigenvalue weighted by atomic mass is 19.1. The number of hydrogen-bond donors (Lipinski definition) is 2. The van der Waals surface area contributed by atoms with Crippen LogP contribution in [-0.4, -0.2) is 42.9 Å². The van der Waals surface area contributed by atoms with Crippen LogP contribution in [0.5, 0.6) is 0 Å². The van der Waals surface area contributed by atoms with Gasteiger partial charge in [-0.3, -0.25) is 9.59 Å². The van der Waals surface area contributed by atoms with Crippen molar-refractivity contribution in [2.24, 2.45) is 0 Å². The molecule has 108 valence electrons. The topological polar surface area (TPSA) is 61.4 Å². The van der Waals surface area contributed by atoms with Gasteiger partial charge >= 0.3 is 0 Å². The molecule has 2 amide bonds. The fourth-order valence-corrected chi connectivity index (χ4v) is 2.05. The zero-order valence-corrected chi connectivity index (χ0v) is 11.2. The summed E-state index contributed by atoms with van der Waals surface area (Å²) in [7, 11) is 0. The van der Waals surface area contributed by atoms with Crippen molar-refractivity contribution in [2.75, 3.05) is 31.5 Å². The van der Waals surface area contributed by atoms with Crippen molar-refractivity contribution >= 4 is 17.5 Å². The van der Waals surface area contributed by atoms with Crippen LogP contribution >= 0.6 is 0 Å². The van der Waals surface area contributed by atoms with Crippen molar-refractivity contribution in [3.63, 3.8) is 0 Å². The zero-order valence-electron chi connectivity index (χ0n) is 11.2. The van der Waals surface area contributed by atoms with Gasteiger partial charge in [0.25, 0.3) is 0 Å².